The van der Waals surface area contributed by atoms with Crippen molar-refractivity contribution in [2.24, 2.45) is 7.05 Å². The topological polar surface area (TPSA) is 127 Å². The number of benzene rings is 1. The molecular weight excluding hydrogens is 296 g/mol. The Morgan fingerprint density at radius 3 is 2.71 bits per heavy atom. The maximum absolute atomic E-state index is 12.3. The molecule has 0 amide bonds. The van der Waals surface area contributed by atoms with Gasteiger partial charge in [-0.15, -0.1) is 0 Å². The summed E-state index contributed by atoms with van der Waals surface area (Å²) in [5.41, 5.74) is 6.03. The molecule has 0 radical (unpaired) electrons. The van der Waals surface area contributed by atoms with Crippen molar-refractivity contribution in [2.75, 3.05) is 10.5 Å². The van der Waals surface area contributed by atoms with Gasteiger partial charge in [0.25, 0.3) is 10.0 Å². The van der Waals surface area contributed by atoms with Crippen LogP contribution in [0.5, 0.6) is 0 Å². The average molecular weight is 310 g/mol. The Kier molecular flexibility index (Phi) is 3.85. The van der Waals surface area contributed by atoms with Gasteiger partial charge in [-0.05, 0) is 12.1 Å². The van der Waals surface area contributed by atoms with Gasteiger partial charge in [0.05, 0.1) is 18.3 Å². The molecule has 0 saturated carbocycles. The number of para-hydroxylation sites is 1. The van der Waals surface area contributed by atoms with Crippen molar-refractivity contribution in [3.05, 3.63) is 36.0 Å². The van der Waals surface area contributed by atoms with Crippen LogP contribution in [0.1, 0.15) is 5.56 Å². The summed E-state index contributed by atoms with van der Waals surface area (Å²) in [5.74, 6) is -0.983. The zero-order chi connectivity index (χ0) is 15.6. The zero-order valence-corrected chi connectivity index (χ0v) is 12.0. The van der Waals surface area contributed by atoms with E-state index in [1.807, 2.05) is 0 Å². The van der Waals surface area contributed by atoms with Crippen LogP contribution in [0.3, 0.4) is 0 Å². The lowest BCUT2D eigenvalue weighted by atomic mass is 10.2. The first-order chi connectivity index (χ1) is 9.81. The van der Waals surface area contributed by atoms with Crippen LogP contribution in [0.15, 0.2) is 35.4 Å². The quantitative estimate of drug-likeness (QED) is 0.687. The van der Waals surface area contributed by atoms with E-state index in [2.05, 4.69) is 9.82 Å². The lowest BCUT2D eigenvalue weighted by Gasteiger charge is -2.11. The molecule has 1 aromatic carbocycles. The van der Waals surface area contributed by atoms with Crippen LogP contribution >= 0.6 is 0 Å². The van der Waals surface area contributed by atoms with Crippen LogP contribution < -0.4 is 10.5 Å². The molecule has 21 heavy (non-hydrogen) atoms. The lowest BCUT2D eigenvalue weighted by molar-refractivity contribution is -0.136. The number of aliphatic carboxylic acids is 1. The summed E-state index contributed by atoms with van der Waals surface area (Å²) in [6.07, 6.45) is 0.969. The van der Waals surface area contributed by atoms with Crippen molar-refractivity contribution in [1.82, 2.24) is 9.78 Å². The molecule has 0 aliphatic rings. The number of rotatable bonds is 5. The summed E-state index contributed by atoms with van der Waals surface area (Å²) < 4.78 is 28.2. The van der Waals surface area contributed by atoms with Gasteiger partial charge in [-0.1, -0.05) is 12.1 Å². The first-order valence-corrected chi connectivity index (χ1v) is 7.39. The second kappa shape index (κ2) is 5.44. The van der Waals surface area contributed by atoms with Crippen molar-refractivity contribution < 1.29 is 18.3 Å². The van der Waals surface area contributed by atoms with Gasteiger partial charge in [0.1, 0.15) is 10.7 Å². The Morgan fingerprint density at radius 2 is 2.10 bits per heavy atom. The highest BCUT2D eigenvalue weighted by atomic mass is 32.2. The van der Waals surface area contributed by atoms with Crippen LogP contribution in [0, 0.1) is 0 Å². The maximum atomic E-state index is 12.3. The van der Waals surface area contributed by atoms with E-state index in [9.17, 15) is 13.2 Å². The van der Waals surface area contributed by atoms with E-state index >= 15 is 0 Å². The number of hydrogen-bond donors (Lipinski definition) is 3. The number of carboxylic acids is 1. The number of nitrogen functional groups attached to an aromatic ring is 1. The summed E-state index contributed by atoms with van der Waals surface area (Å²) in [5, 5.41) is 12.7. The molecule has 0 bridgehead atoms. The zero-order valence-electron chi connectivity index (χ0n) is 11.1. The van der Waals surface area contributed by atoms with Crippen LogP contribution in [-0.2, 0) is 28.3 Å². The molecule has 0 saturated heterocycles. The number of nitrogens with one attached hydrogen (secondary N) is 1. The van der Waals surface area contributed by atoms with E-state index in [0.29, 0.717) is 0 Å². The van der Waals surface area contributed by atoms with E-state index in [0.717, 1.165) is 0 Å². The van der Waals surface area contributed by atoms with Crippen LogP contribution in [0.2, 0.25) is 0 Å². The number of anilines is 2. The fourth-order valence-electron chi connectivity index (χ4n) is 1.81. The molecule has 0 aliphatic heterocycles. The molecule has 0 spiro atoms. The minimum absolute atomic E-state index is 0.0764. The van der Waals surface area contributed by atoms with E-state index in [-0.39, 0.29) is 28.4 Å². The van der Waals surface area contributed by atoms with Gasteiger partial charge in [0, 0.05) is 12.6 Å². The van der Waals surface area contributed by atoms with Crippen molar-refractivity contribution >= 4 is 27.5 Å². The maximum Gasteiger partial charge on any atom is 0.308 e. The number of carboxylic acid groups (broad SMARTS) is 1. The molecule has 4 N–H and O–H groups in total. The number of aromatic nitrogens is 2. The minimum atomic E-state index is -3.92. The third-order valence-electron chi connectivity index (χ3n) is 2.80. The number of nitrogens with zero attached hydrogens (tertiary/aromatic N) is 2. The molecule has 0 fully saturated rings. The molecule has 9 heteroatoms. The highest BCUT2D eigenvalue weighted by molar-refractivity contribution is 7.92. The summed E-state index contributed by atoms with van der Waals surface area (Å²) in [6.45, 7) is 0. The molecule has 0 aliphatic carbocycles. The molecule has 0 atom stereocenters. The SMILES string of the molecule is Cn1ncc(CC(=O)O)c1NS(=O)(=O)c1ccccc1N. The molecule has 2 rings (SSSR count). The van der Waals surface area contributed by atoms with Crippen molar-refractivity contribution in [3.63, 3.8) is 0 Å². The van der Waals surface area contributed by atoms with Gasteiger partial charge in [0.15, 0.2) is 0 Å². The lowest BCUT2D eigenvalue weighted by Crippen LogP contribution is -2.18. The highest BCUT2D eigenvalue weighted by Gasteiger charge is 2.21. The normalized spacial score (nSPS) is 11.3. The first-order valence-electron chi connectivity index (χ1n) is 5.91. The van der Waals surface area contributed by atoms with Crippen molar-refractivity contribution in [1.29, 1.82) is 0 Å². The van der Waals surface area contributed by atoms with Gasteiger partial charge < -0.3 is 10.8 Å². The minimum Gasteiger partial charge on any atom is -0.481 e. The Bertz CT molecular complexity index is 782. The number of carbonyl (C=O) groups is 1. The second-order valence-corrected chi connectivity index (χ2v) is 6.01. The van der Waals surface area contributed by atoms with Crippen LogP contribution in [0.4, 0.5) is 11.5 Å². The van der Waals surface area contributed by atoms with Gasteiger partial charge in [-0.2, -0.15) is 5.10 Å². The molecular formula is C12H14N4O4S. The smallest absolute Gasteiger partial charge is 0.308 e. The van der Waals surface area contributed by atoms with Crippen LogP contribution in [-0.4, -0.2) is 29.3 Å². The van der Waals surface area contributed by atoms with Gasteiger partial charge in [0.2, 0.25) is 0 Å². The van der Waals surface area contributed by atoms with Crippen LogP contribution in [0.25, 0.3) is 0 Å². The highest BCUT2D eigenvalue weighted by Crippen LogP contribution is 2.23. The molecule has 1 heterocycles. The van der Waals surface area contributed by atoms with Crippen molar-refractivity contribution in [3.8, 4) is 0 Å². The molecule has 8 nitrogen and oxygen atoms in total. The molecule has 1 aromatic heterocycles. The molecule has 0 unspecified atom stereocenters. The molecule has 112 valence electrons. The predicted octanol–water partition coefficient (Wildman–Crippen LogP) is 0.430. The Labute approximate surface area is 121 Å². The Morgan fingerprint density at radius 1 is 1.43 bits per heavy atom. The summed E-state index contributed by atoms with van der Waals surface area (Å²) in [6, 6.07) is 6.00. The average Bonchev–Trinajstić information content (AvgIpc) is 2.70. The Hall–Kier alpha value is -2.55. The van der Waals surface area contributed by atoms with E-state index < -0.39 is 16.0 Å². The van der Waals surface area contributed by atoms with E-state index in [4.69, 9.17) is 10.8 Å². The standard InChI is InChI=1S/C12H14N4O4S/c1-16-12(8(7-14-16)6-11(17)18)15-21(19,20)10-5-3-2-4-9(10)13/h2-5,7,15H,6,13H2,1H3,(H,17,18). The number of nitrogens with two attached hydrogens (primary N) is 1. The second-order valence-electron chi connectivity index (χ2n) is 4.36. The fourth-order valence-corrected chi connectivity index (χ4v) is 3.08. The Balaban J connectivity index is 2.40. The summed E-state index contributed by atoms with van der Waals surface area (Å²) >= 11 is 0. The van der Waals surface area contributed by atoms with Crippen molar-refractivity contribution in [2.45, 2.75) is 11.3 Å². The third-order valence-corrected chi connectivity index (χ3v) is 4.21. The summed E-state index contributed by atoms with van der Waals surface area (Å²) in [4.78, 5) is 10.7. The number of hydrogen-bond acceptors (Lipinski definition) is 5. The monoisotopic (exact) mass is 310 g/mol. The number of sulfonamides is 1. The van der Waals surface area contributed by atoms with Gasteiger partial charge in [-0.3, -0.25) is 14.2 Å². The van der Waals surface area contributed by atoms with E-state index in [1.165, 1.54) is 30.1 Å². The van der Waals surface area contributed by atoms with Gasteiger partial charge >= 0.3 is 5.97 Å². The summed E-state index contributed by atoms with van der Waals surface area (Å²) in [7, 11) is -2.41. The predicted molar refractivity (Wildman–Crippen MR) is 76.2 cm³/mol. The first kappa shape index (κ1) is 14.9. The fraction of sp³-hybridized carbons (Fsp3) is 0.167. The number of aryl methyl sites for hydroxylation is 1. The van der Waals surface area contributed by atoms with E-state index in [1.54, 1.807) is 12.1 Å². The largest absolute Gasteiger partial charge is 0.481 e. The third kappa shape index (κ3) is 3.14. The molecule has 2 aromatic rings. The van der Waals surface area contributed by atoms with Gasteiger partial charge in [-0.25, -0.2) is 8.42 Å².